The number of furan rings is 1. The highest BCUT2D eigenvalue weighted by molar-refractivity contribution is 7.10. The summed E-state index contributed by atoms with van der Waals surface area (Å²) in [6.45, 7) is 0.471. The van der Waals surface area contributed by atoms with Gasteiger partial charge in [0.15, 0.2) is 0 Å². The van der Waals surface area contributed by atoms with Crippen LogP contribution in [0.3, 0.4) is 0 Å². The topological polar surface area (TPSA) is 62.5 Å². The minimum absolute atomic E-state index is 0.104. The van der Waals surface area contributed by atoms with E-state index in [4.69, 9.17) is 4.42 Å². The minimum atomic E-state index is -0.597. The highest BCUT2D eigenvalue weighted by Crippen LogP contribution is 2.43. The van der Waals surface area contributed by atoms with Crippen LogP contribution in [0.5, 0.6) is 0 Å². The van der Waals surface area contributed by atoms with Crippen LogP contribution in [0, 0.1) is 0 Å². The van der Waals surface area contributed by atoms with Crippen LogP contribution in [-0.2, 0) is 10.2 Å². The molecule has 1 saturated carbocycles. The molecule has 0 bridgehead atoms. The van der Waals surface area contributed by atoms with Crippen molar-refractivity contribution < 1.29 is 14.3 Å². The fourth-order valence-electron chi connectivity index (χ4n) is 3.24. The fourth-order valence-corrected chi connectivity index (χ4v) is 4.22. The van der Waals surface area contributed by atoms with Gasteiger partial charge in [0.05, 0.1) is 24.0 Å². The lowest BCUT2D eigenvalue weighted by atomic mass is 9.83. The van der Waals surface area contributed by atoms with Gasteiger partial charge in [-0.05, 0) is 36.8 Å². The predicted octanol–water partition coefficient (Wildman–Crippen LogP) is 3.39. The third-order valence-electron chi connectivity index (χ3n) is 4.52. The number of aliphatic hydroxyl groups excluding tert-OH is 1. The third kappa shape index (κ3) is 2.96. The molecule has 118 valence electrons. The highest BCUT2D eigenvalue weighted by atomic mass is 32.1. The van der Waals surface area contributed by atoms with E-state index in [1.165, 1.54) is 6.26 Å². The molecule has 0 aromatic carbocycles. The lowest BCUT2D eigenvalue weighted by molar-refractivity contribution is -0.126. The van der Waals surface area contributed by atoms with Crippen molar-refractivity contribution in [1.29, 1.82) is 0 Å². The number of rotatable bonds is 6. The zero-order chi connectivity index (χ0) is 15.4. The molecular weight excluding hydrogens is 298 g/mol. The Bertz CT molecular complexity index is 585. The Kier molecular flexibility index (Phi) is 4.64. The summed E-state index contributed by atoms with van der Waals surface area (Å²) in [6.07, 6.45) is 7.02. The first-order valence-electron chi connectivity index (χ1n) is 7.75. The number of hydrogen-bond acceptors (Lipinski definition) is 4. The third-order valence-corrected chi connectivity index (χ3v) is 5.59. The largest absolute Gasteiger partial charge is 0.472 e. The molecule has 1 atom stereocenters. The molecule has 1 aliphatic carbocycles. The van der Waals surface area contributed by atoms with Crippen molar-refractivity contribution in [2.24, 2.45) is 0 Å². The van der Waals surface area contributed by atoms with Gasteiger partial charge in [-0.25, -0.2) is 0 Å². The molecule has 0 radical (unpaired) electrons. The van der Waals surface area contributed by atoms with Crippen molar-refractivity contribution in [2.75, 3.05) is 6.54 Å². The summed E-state index contributed by atoms with van der Waals surface area (Å²) in [5, 5.41) is 15.1. The molecule has 1 aliphatic rings. The zero-order valence-corrected chi connectivity index (χ0v) is 13.3. The predicted molar refractivity (Wildman–Crippen MR) is 85.8 cm³/mol. The fraction of sp³-hybridized carbons (Fsp3) is 0.471. The van der Waals surface area contributed by atoms with Crippen LogP contribution in [-0.4, -0.2) is 17.6 Å². The minimum Gasteiger partial charge on any atom is -0.472 e. The number of nitrogens with one attached hydrogen (secondary N) is 1. The molecule has 2 aromatic rings. The number of carbonyl (C=O) groups excluding carboxylic acids is 1. The number of amides is 1. The van der Waals surface area contributed by atoms with Crippen molar-refractivity contribution in [3.63, 3.8) is 0 Å². The van der Waals surface area contributed by atoms with Gasteiger partial charge in [0.25, 0.3) is 0 Å². The summed E-state index contributed by atoms with van der Waals surface area (Å²) < 4.78 is 4.96. The van der Waals surface area contributed by atoms with Gasteiger partial charge >= 0.3 is 0 Å². The Labute approximate surface area is 134 Å². The summed E-state index contributed by atoms with van der Waals surface area (Å²) in [6, 6.07) is 5.82. The van der Waals surface area contributed by atoms with Gasteiger partial charge in [0.1, 0.15) is 0 Å². The second-order valence-electron chi connectivity index (χ2n) is 5.88. The quantitative estimate of drug-likeness (QED) is 0.858. The molecule has 0 aliphatic heterocycles. The van der Waals surface area contributed by atoms with Crippen LogP contribution in [0.25, 0.3) is 0 Å². The standard InChI is InChI=1S/C17H21NO3S/c19-14(13-6-10-21-12-13)5-9-18-16(20)17(7-1-2-8-17)15-4-3-11-22-15/h3-4,6,10-12,14,19H,1-2,5,7-9H2,(H,18,20). The van der Waals surface area contributed by atoms with Gasteiger partial charge in [-0.1, -0.05) is 18.9 Å². The second-order valence-corrected chi connectivity index (χ2v) is 6.83. The summed E-state index contributed by atoms with van der Waals surface area (Å²) in [5.41, 5.74) is 0.400. The monoisotopic (exact) mass is 319 g/mol. The number of hydrogen-bond donors (Lipinski definition) is 2. The van der Waals surface area contributed by atoms with E-state index in [9.17, 15) is 9.90 Å². The van der Waals surface area contributed by atoms with Crippen molar-refractivity contribution in [1.82, 2.24) is 5.32 Å². The molecule has 5 heteroatoms. The molecule has 1 unspecified atom stereocenters. The van der Waals surface area contributed by atoms with Gasteiger partial charge < -0.3 is 14.8 Å². The molecule has 2 aromatic heterocycles. The number of aliphatic hydroxyl groups is 1. The molecule has 0 saturated heterocycles. The summed E-state index contributed by atoms with van der Waals surface area (Å²) >= 11 is 1.66. The Morgan fingerprint density at radius 2 is 2.23 bits per heavy atom. The smallest absolute Gasteiger partial charge is 0.231 e. The van der Waals surface area contributed by atoms with Gasteiger partial charge in [-0.2, -0.15) is 0 Å². The van der Waals surface area contributed by atoms with Crippen molar-refractivity contribution in [3.05, 3.63) is 46.5 Å². The maximum Gasteiger partial charge on any atom is 0.231 e. The average Bonchev–Trinajstić information content (AvgIpc) is 3.27. The Balaban J connectivity index is 1.59. The van der Waals surface area contributed by atoms with Gasteiger partial charge in [0.2, 0.25) is 5.91 Å². The van der Waals surface area contributed by atoms with E-state index < -0.39 is 6.10 Å². The lowest BCUT2D eigenvalue weighted by Gasteiger charge is -2.26. The van der Waals surface area contributed by atoms with Crippen molar-refractivity contribution >= 4 is 17.2 Å². The summed E-state index contributed by atoms with van der Waals surface area (Å²) in [7, 11) is 0. The molecule has 1 fully saturated rings. The van der Waals surface area contributed by atoms with Crippen LogP contribution in [0.4, 0.5) is 0 Å². The molecule has 1 amide bonds. The maximum atomic E-state index is 12.7. The van der Waals surface area contributed by atoms with Gasteiger partial charge in [-0.15, -0.1) is 11.3 Å². The number of carbonyl (C=O) groups is 1. The first kappa shape index (κ1) is 15.3. The summed E-state index contributed by atoms with van der Waals surface area (Å²) in [5.74, 6) is 0.104. The van der Waals surface area contributed by atoms with Crippen molar-refractivity contribution in [3.8, 4) is 0 Å². The normalized spacial score (nSPS) is 18.2. The average molecular weight is 319 g/mol. The van der Waals surface area contributed by atoms with E-state index in [-0.39, 0.29) is 11.3 Å². The maximum absolute atomic E-state index is 12.7. The van der Waals surface area contributed by atoms with E-state index in [0.717, 1.165) is 36.1 Å². The summed E-state index contributed by atoms with van der Waals surface area (Å²) in [4.78, 5) is 13.9. The van der Waals surface area contributed by atoms with Crippen molar-refractivity contribution in [2.45, 2.75) is 43.6 Å². The van der Waals surface area contributed by atoms with Gasteiger partial charge in [0, 0.05) is 17.0 Å². The Morgan fingerprint density at radius 1 is 1.41 bits per heavy atom. The van der Waals surface area contributed by atoms with Crippen LogP contribution < -0.4 is 5.32 Å². The highest BCUT2D eigenvalue weighted by Gasteiger charge is 2.43. The Hall–Kier alpha value is -1.59. The van der Waals surface area contributed by atoms with E-state index in [0.29, 0.717) is 13.0 Å². The van der Waals surface area contributed by atoms with Crippen LogP contribution in [0.1, 0.15) is 48.6 Å². The molecule has 2 heterocycles. The zero-order valence-electron chi connectivity index (χ0n) is 12.5. The SMILES string of the molecule is O=C(NCCC(O)c1ccoc1)C1(c2cccs2)CCCC1. The molecule has 22 heavy (non-hydrogen) atoms. The first-order valence-corrected chi connectivity index (χ1v) is 8.63. The second kappa shape index (κ2) is 6.67. The molecule has 2 N–H and O–H groups in total. The van der Waals surface area contributed by atoms with E-state index in [1.807, 2.05) is 11.4 Å². The Morgan fingerprint density at radius 3 is 2.86 bits per heavy atom. The molecule has 3 rings (SSSR count). The molecule has 0 spiro atoms. The number of thiophene rings is 1. The molecular formula is C17H21NO3S. The van der Waals surface area contributed by atoms with E-state index in [2.05, 4.69) is 11.4 Å². The van der Waals surface area contributed by atoms with E-state index in [1.54, 1.807) is 23.7 Å². The van der Waals surface area contributed by atoms with Crippen LogP contribution >= 0.6 is 11.3 Å². The van der Waals surface area contributed by atoms with Crippen LogP contribution in [0.2, 0.25) is 0 Å². The molecule has 4 nitrogen and oxygen atoms in total. The lowest BCUT2D eigenvalue weighted by Crippen LogP contribution is -2.42. The first-order chi connectivity index (χ1) is 10.7. The van der Waals surface area contributed by atoms with Crippen LogP contribution in [0.15, 0.2) is 40.5 Å². The van der Waals surface area contributed by atoms with E-state index >= 15 is 0 Å². The van der Waals surface area contributed by atoms with Gasteiger partial charge in [-0.3, -0.25) is 4.79 Å².